The van der Waals surface area contributed by atoms with E-state index in [1.54, 1.807) is 16.4 Å². The fraction of sp³-hybridized carbons (Fsp3) is 0.250. The standard InChI is InChI=1S/C20H20N2O3S/c1-13-8-9-17(19-10-14(2)21-25-19)12-20(13)26(23,24)22-15(3)11-16-6-4-5-7-18(16)22/h4-10,12,15H,11H2,1-3H3/t15-/m0/s1. The summed E-state index contributed by atoms with van der Waals surface area (Å²) < 4.78 is 33.8. The van der Waals surface area contributed by atoms with Crippen LogP contribution in [0.15, 0.2) is 57.9 Å². The van der Waals surface area contributed by atoms with Gasteiger partial charge in [0, 0.05) is 17.7 Å². The van der Waals surface area contributed by atoms with Gasteiger partial charge < -0.3 is 4.52 Å². The van der Waals surface area contributed by atoms with Gasteiger partial charge in [0.05, 0.1) is 16.3 Å². The third kappa shape index (κ3) is 2.61. The van der Waals surface area contributed by atoms with Crippen LogP contribution in [0.1, 0.15) is 23.7 Å². The summed E-state index contributed by atoms with van der Waals surface area (Å²) in [5.41, 5.74) is 3.99. The topological polar surface area (TPSA) is 63.4 Å². The minimum Gasteiger partial charge on any atom is -0.356 e. The number of fused-ring (bicyclic) bond motifs is 1. The molecule has 0 saturated heterocycles. The number of aryl methyl sites for hydroxylation is 2. The monoisotopic (exact) mass is 368 g/mol. The number of benzene rings is 2. The summed E-state index contributed by atoms with van der Waals surface area (Å²) in [7, 11) is -3.68. The number of hydrogen-bond acceptors (Lipinski definition) is 4. The van der Waals surface area contributed by atoms with Gasteiger partial charge in [-0.05, 0) is 50.5 Å². The van der Waals surface area contributed by atoms with Crippen molar-refractivity contribution in [1.82, 2.24) is 5.16 Å². The molecule has 0 radical (unpaired) electrons. The van der Waals surface area contributed by atoms with E-state index in [2.05, 4.69) is 5.16 Å². The van der Waals surface area contributed by atoms with Crippen molar-refractivity contribution >= 4 is 15.7 Å². The van der Waals surface area contributed by atoms with Crippen LogP contribution in [0.25, 0.3) is 11.3 Å². The Bertz CT molecular complexity index is 1090. The van der Waals surface area contributed by atoms with Crippen LogP contribution < -0.4 is 4.31 Å². The summed E-state index contributed by atoms with van der Waals surface area (Å²) in [6.45, 7) is 5.59. The molecule has 1 atom stereocenters. The van der Waals surface area contributed by atoms with Gasteiger partial charge in [0.15, 0.2) is 5.76 Å². The number of sulfonamides is 1. The molecule has 1 aliphatic rings. The lowest BCUT2D eigenvalue weighted by Gasteiger charge is -2.25. The van der Waals surface area contributed by atoms with E-state index >= 15 is 0 Å². The van der Waals surface area contributed by atoms with E-state index in [0.717, 1.165) is 23.4 Å². The first-order chi connectivity index (χ1) is 12.4. The molecule has 2 aromatic carbocycles. The van der Waals surface area contributed by atoms with Crippen LogP contribution in [0.4, 0.5) is 5.69 Å². The van der Waals surface area contributed by atoms with Crippen LogP contribution in [0.2, 0.25) is 0 Å². The van der Waals surface area contributed by atoms with Gasteiger partial charge in [-0.15, -0.1) is 0 Å². The second kappa shape index (κ2) is 5.99. The van der Waals surface area contributed by atoms with Crippen LogP contribution in [0.5, 0.6) is 0 Å². The SMILES string of the molecule is Cc1cc(-c2ccc(C)c(S(=O)(=O)N3c4ccccc4C[C@@H]3C)c2)on1. The summed E-state index contributed by atoms with van der Waals surface area (Å²) in [4.78, 5) is 0.299. The summed E-state index contributed by atoms with van der Waals surface area (Å²) in [6.07, 6.45) is 0.718. The fourth-order valence-corrected chi connectivity index (χ4v) is 5.49. The maximum Gasteiger partial charge on any atom is 0.264 e. The molecule has 5 nitrogen and oxygen atoms in total. The van der Waals surface area contributed by atoms with Crippen LogP contribution in [-0.4, -0.2) is 19.6 Å². The minimum absolute atomic E-state index is 0.118. The average molecular weight is 368 g/mol. The first-order valence-electron chi connectivity index (χ1n) is 8.54. The highest BCUT2D eigenvalue weighted by atomic mass is 32.2. The van der Waals surface area contributed by atoms with Crippen molar-refractivity contribution in [3.05, 3.63) is 65.4 Å². The molecule has 4 rings (SSSR count). The van der Waals surface area contributed by atoms with Crippen LogP contribution in [0, 0.1) is 13.8 Å². The molecule has 0 N–H and O–H groups in total. The zero-order chi connectivity index (χ0) is 18.5. The molecule has 2 heterocycles. The predicted octanol–water partition coefficient (Wildman–Crippen LogP) is 4.10. The Morgan fingerprint density at radius 2 is 1.88 bits per heavy atom. The Balaban J connectivity index is 1.84. The third-order valence-electron chi connectivity index (χ3n) is 4.78. The highest BCUT2D eigenvalue weighted by molar-refractivity contribution is 7.93. The molecule has 3 aromatic rings. The van der Waals surface area contributed by atoms with Crippen LogP contribution in [-0.2, 0) is 16.4 Å². The maximum atomic E-state index is 13.5. The van der Waals surface area contributed by atoms with E-state index in [4.69, 9.17) is 4.52 Å². The molecule has 0 amide bonds. The van der Waals surface area contributed by atoms with Crippen molar-refractivity contribution in [1.29, 1.82) is 0 Å². The lowest BCUT2D eigenvalue weighted by molar-refractivity contribution is 0.427. The van der Waals surface area contributed by atoms with Crippen molar-refractivity contribution in [2.45, 2.75) is 38.1 Å². The van der Waals surface area contributed by atoms with Crippen LogP contribution in [0.3, 0.4) is 0 Å². The maximum absolute atomic E-state index is 13.5. The van der Waals surface area contributed by atoms with E-state index in [1.807, 2.05) is 57.2 Å². The second-order valence-electron chi connectivity index (χ2n) is 6.80. The highest BCUT2D eigenvalue weighted by Gasteiger charge is 2.36. The molecular weight excluding hydrogens is 348 g/mol. The van der Waals surface area contributed by atoms with Gasteiger partial charge in [0.2, 0.25) is 0 Å². The predicted molar refractivity (Wildman–Crippen MR) is 101 cm³/mol. The molecule has 0 aliphatic carbocycles. The van der Waals surface area contributed by atoms with Gasteiger partial charge in [0.25, 0.3) is 10.0 Å². The Morgan fingerprint density at radius 3 is 2.62 bits per heavy atom. The Hall–Kier alpha value is -2.60. The Kier molecular flexibility index (Phi) is 3.88. The molecule has 0 saturated carbocycles. The molecule has 6 heteroatoms. The average Bonchev–Trinajstić information content (AvgIpc) is 3.17. The van der Waals surface area contributed by atoms with E-state index in [9.17, 15) is 8.42 Å². The number of rotatable bonds is 3. The smallest absolute Gasteiger partial charge is 0.264 e. The summed E-state index contributed by atoms with van der Waals surface area (Å²) in [5.74, 6) is 0.564. The molecule has 0 fully saturated rings. The van der Waals surface area contributed by atoms with Crippen molar-refractivity contribution in [3.8, 4) is 11.3 Å². The molecule has 26 heavy (non-hydrogen) atoms. The molecular formula is C20H20N2O3S. The van der Waals surface area contributed by atoms with Gasteiger partial charge in [0.1, 0.15) is 0 Å². The number of aromatic nitrogens is 1. The third-order valence-corrected chi connectivity index (χ3v) is 6.85. The van der Waals surface area contributed by atoms with Gasteiger partial charge >= 0.3 is 0 Å². The Morgan fingerprint density at radius 1 is 1.12 bits per heavy atom. The molecule has 0 unspecified atom stereocenters. The second-order valence-corrected chi connectivity index (χ2v) is 8.58. The van der Waals surface area contributed by atoms with Gasteiger partial charge in [-0.25, -0.2) is 8.42 Å². The normalized spacial score (nSPS) is 16.7. The summed E-state index contributed by atoms with van der Waals surface area (Å²) >= 11 is 0. The van der Waals surface area contributed by atoms with Crippen molar-refractivity contribution in [3.63, 3.8) is 0 Å². The number of para-hydroxylation sites is 1. The minimum atomic E-state index is -3.68. The first-order valence-corrected chi connectivity index (χ1v) is 9.98. The van der Waals surface area contributed by atoms with Crippen molar-refractivity contribution in [2.24, 2.45) is 0 Å². The number of hydrogen-bond donors (Lipinski definition) is 0. The Labute approximate surface area is 153 Å². The highest BCUT2D eigenvalue weighted by Crippen LogP contribution is 2.38. The van der Waals surface area contributed by atoms with Gasteiger partial charge in [-0.3, -0.25) is 4.31 Å². The number of nitrogens with zero attached hydrogens (tertiary/aromatic N) is 2. The lowest BCUT2D eigenvalue weighted by Crippen LogP contribution is -2.36. The fourth-order valence-electron chi connectivity index (χ4n) is 3.54. The zero-order valence-electron chi connectivity index (χ0n) is 14.9. The largest absolute Gasteiger partial charge is 0.356 e. The molecule has 0 spiro atoms. The molecule has 1 aromatic heterocycles. The van der Waals surface area contributed by atoms with E-state index < -0.39 is 10.0 Å². The van der Waals surface area contributed by atoms with Gasteiger partial charge in [-0.2, -0.15) is 0 Å². The van der Waals surface area contributed by atoms with Crippen molar-refractivity contribution in [2.75, 3.05) is 4.31 Å². The molecule has 0 bridgehead atoms. The van der Waals surface area contributed by atoms with E-state index in [-0.39, 0.29) is 6.04 Å². The summed E-state index contributed by atoms with van der Waals surface area (Å²) in [6, 6.07) is 14.7. The first kappa shape index (κ1) is 16.8. The molecule has 134 valence electrons. The number of anilines is 1. The zero-order valence-corrected chi connectivity index (χ0v) is 15.7. The molecule has 1 aliphatic heterocycles. The van der Waals surface area contributed by atoms with Crippen molar-refractivity contribution < 1.29 is 12.9 Å². The van der Waals surface area contributed by atoms with Crippen LogP contribution >= 0.6 is 0 Å². The van der Waals surface area contributed by atoms with E-state index in [0.29, 0.717) is 21.8 Å². The van der Waals surface area contributed by atoms with Gasteiger partial charge in [-0.1, -0.05) is 35.5 Å². The summed E-state index contributed by atoms with van der Waals surface area (Å²) in [5, 5.41) is 3.89. The lowest BCUT2D eigenvalue weighted by atomic mass is 10.1. The quantitative estimate of drug-likeness (QED) is 0.698. The van der Waals surface area contributed by atoms with E-state index in [1.165, 1.54) is 0 Å².